The first kappa shape index (κ1) is 14.4. The van der Waals surface area contributed by atoms with Gasteiger partial charge in [-0.1, -0.05) is 29.8 Å². The van der Waals surface area contributed by atoms with Gasteiger partial charge in [-0.25, -0.2) is 0 Å². The van der Waals surface area contributed by atoms with Crippen LogP contribution in [0.3, 0.4) is 0 Å². The van der Waals surface area contributed by atoms with E-state index in [0.29, 0.717) is 12.0 Å². The fourth-order valence-corrected chi connectivity index (χ4v) is 1.69. The third-order valence-electron chi connectivity index (χ3n) is 2.87. The summed E-state index contributed by atoms with van der Waals surface area (Å²) in [6.07, 6.45) is 0.676. The van der Waals surface area contributed by atoms with Crippen LogP contribution in [0.2, 0.25) is 0 Å². The molecule has 0 radical (unpaired) electrons. The van der Waals surface area contributed by atoms with E-state index in [-0.39, 0.29) is 24.2 Å². The molecule has 0 saturated carbocycles. The van der Waals surface area contributed by atoms with Gasteiger partial charge in [-0.15, -0.1) is 0 Å². The highest BCUT2D eigenvalue weighted by Gasteiger charge is 2.19. The summed E-state index contributed by atoms with van der Waals surface area (Å²) in [5.74, 6) is -0.298. The van der Waals surface area contributed by atoms with Crippen LogP contribution in [0, 0.1) is 6.92 Å². The Kier molecular flexibility index (Phi) is 5.52. The predicted molar refractivity (Wildman–Crippen MR) is 69.6 cm³/mol. The Balaban J connectivity index is 2.67. The normalized spacial score (nSPS) is 11.9. The van der Waals surface area contributed by atoms with E-state index in [4.69, 9.17) is 0 Å². The summed E-state index contributed by atoms with van der Waals surface area (Å²) in [4.78, 5) is 23.2. The first-order chi connectivity index (χ1) is 8.58. The van der Waals surface area contributed by atoms with Gasteiger partial charge in [0.1, 0.15) is 0 Å². The molecule has 1 N–H and O–H groups in total. The number of hydrogen-bond donors (Lipinski definition) is 1. The SMILES string of the molecule is CNC(CCC(=O)OC)C(=O)c1ccc(C)cc1. The second-order valence-corrected chi connectivity index (χ2v) is 4.19. The van der Waals surface area contributed by atoms with Gasteiger partial charge in [0, 0.05) is 12.0 Å². The molecule has 0 spiro atoms. The number of ether oxygens (including phenoxy) is 1. The molecule has 98 valence electrons. The largest absolute Gasteiger partial charge is 0.469 e. The van der Waals surface area contributed by atoms with E-state index in [1.54, 1.807) is 19.2 Å². The number of ketones is 1. The van der Waals surface area contributed by atoms with Crippen LogP contribution in [-0.2, 0) is 9.53 Å². The first-order valence-electron chi connectivity index (χ1n) is 5.93. The molecule has 1 aromatic carbocycles. The van der Waals surface area contributed by atoms with Crippen LogP contribution >= 0.6 is 0 Å². The minimum Gasteiger partial charge on any atom is -0.469 e. The zero-order valence-corrected chi connectivity index (χ0v) is 11.0. The quantitative estimate of drug-likeness (QED) is 0.616. The van der Waals surface area contributed by atoms with Crippen LogP contribution < -0.4 is 5.32 Å². The highest BCUT2D eigenvalue weighted by Crippen LogP contribution is 2.10. The Labute approximate surface area is 107 Å². The maximum absolute atomic E-state index is 12.2. The van der Waals surface area contributed by atoms with Crippen molar-refractivity contribution in [1.29, 1.82) is 0 Å². The van der Waals surface area contributed by atoms with Crippen LogP contribution in [-0.4, -0.2) is 32.0 Å². The third kappa shape index (κ3) is 3.96. The molecule has 0 heterocycles. The molecule has 0 aliphatic heterocycles. The molecule has 0 bridgehead atoms. The van der Waals surface area contributed by atoms with Crippen molar-refractivity contribution < 1.29 is 14.3 Å². The molecule has 4 nitrogen and oxygen atoms in total. The van der Waals surface area contributed by atoms with Crippen molar-refractivity contribution in [3.63, 3.8) is 0 Å². The molecule has 1 rings (SSSR count). The fourth-order valence-electron chi connectivity index (χ4n) is 1.69. The molecule has 0 aromatic heterocycles. The Morgan fingerprint density at radius 3 is 2.39 bits per heavy atom. The molecule has 4 heteroatoms. The zero-order chi connectivity index (χ0) is 13.5. The van der Waals surface area contributed by atoms with Gasteiger partial charge >= 0.3 is 5.97 Å². The number of benzene rings is 1. The lowest BCUT2D eigenvalue weighted by atomic mass is 9.99. The van der Waals surface area contributed by atoms with Crippen molar-refractivity contribution in [3.05, 3.63) is 35.4 Å². The van der Waals surface area contributed by atoms with Crippen molar-refractivity contribution in [3.8, 4) is 0 Å². The van der Waals surface area contributed by atoms with E-state index in [1.165, 1.54) is 7.11 Å². The Bertz CT molecular complexity index is 412. The molecule has 1 unspecified atom stereocenters. The summed E-state index contributed by atoms with van der Waals surface area (Å²) in [6, 6.07) is 7.06. The summed E-state index contributed by atoms with van der Waals surface area (Å²) in [5, 5.41) is 2.94. The van der Waals surface area contributed by atoms with Gasteiger partial charge in [0.25, 0.3) is 0 Å². The van der Waals surface area contributed by atoms with Crippen molar-refractivity contribution in [2.45, 2.75) is 25.8 Å². The summed E-state index contributed by atoms with van der Waals surface area (Å²) in [7, 11) is 3.06. The second kappa shape index (κ2) is 6.91. The fraction of sp³-hybridized carbons (Fsp3) is 0.429. The summed E-state index contributed by atoms with van der Waals surface area (Å²) >= 11 is 0. The lowest BCUT2D eigenvalue weighted by molar-refractivity contribution is -0.140. The van der Waals surface area contributed by atoms with E-state index >= 15 is 0 Å². The molecule has 1 aromatic rings. The van der Waals surface area contributed by atoms with Gasteiger partial charge in [-0.3, -0.25) is 9.59 Å². The van der Waals surface area contributed by atoms with Gasteiger partial charge in [-0.2, -0.15) is 0 Å². The number of hydrogen-bond acceptors (Lipinski definition) is 4. The average molecular weight is 249 g/mol. The van der Waals surface area contributed by atoms with Gasteiger partial charge in [-0.05, 0) is 20.4 Å². The number of nitrogens with one attached hydrogen (secondary N) is 1. The summed E-state index contributed by atoms with van der Waals surface area (Å²) in [5.41, 5.74) is 1.77. The molecule has 0 saturated heterocycles. The van der Waals surface area contributed by atoms with E-state index in [1.807, 2.05) is 19.1 Å². The molecular weight excluding hydrogens is 230 g/mol. The Morgan fingerprint density at radius 1 is 1.28 bits per heavy atom. The standard InChI is InChI=1S/C14H19NO3/c1-10-4-6-11(7-5-10)14(17)12(15-2)8-9-13(16)18-3/h4-7,12,15H,8-9H2,1-3H3. The van der Waals surface area contributed by atoms with Gasteiger partial charge in [0.05, 0.1) is 13.2 Å². The number of carbonyl (C=O) groups excluding carboxylic acids is 2. The average Bonchev–Trinajstić information content (AvgIpc) is 2.39. The van der Waals surface area contributed by atoms with Crippen LogP contribution in [0.4, 0.5) is 0 Å². The van der Waals surface area contributed by atoms with E-state index in [0.717, 1.165) is 5.56 Å². The third-order valence-corrected chi connectivity index (χ3v) is 2.87. The Morgan fingerprint density at radius 2 is 1.89 bits per heavy atom. The lowest BCUT2D eigenvalue weighted by Crippen LogP contribution is -2.34. The maximum atomic E-state index is 12.2. The van der Waals surface area contributed by atoms with E-state index < -0.39 is 0 Å². The summed E-state index contributed by atoms with van der Waals surface area (Å²) < 4.78 is 4.57. The van der Waals surface area contributed by atoms with Gasteiger partial charge in [0.15, 0.2) is 5.78 Å². The highest BCUT2D eigenvalue weighted by atomic mass is 16.5. The topological polar surface area (TPSA) is 55.4 Å². The second-order valence-electron chi connectivity index (χ2n) is 4.19. The molecular formula is C14H19NO3. The van der Waals surface area contributed by atoms with Crippen LogP contribution in [0.15, 0.2) is 24.3 Å². The number of carbonyl (C=O) groups is 2. The van der Waals surface area contributed by atoms with Crippen molar-refractivity contribution >= 4 is 11.8 Å². The smallest absolute Gasteiger partial charge is 0.305 e. The molecule has 0 aliphatic rings. The van der Waals surface area contributed by atoms with E-state index in [2.05, 4.69) is 10.1 Å². The van der Waals surface area contributed by atoms with E-state index in [9.17, 15) is 9.59 Å². The molecule has 0 aliphatic carbocycles. The zero-order valence-electron chi connectivity index (χ0n) is 11.0. The molecule has 0 fully saturated rings. The van der Waals surface area contributed by atoms with Crippen molar-refractivity contribution in [1.82, 2.24) is 5.32 Å². The molecule has 18 heavy (non-hydrogen) atoms. The number of methoxy groups -OCH3 is 1. The minimum atomic E-state index is -0.355. The first-order valence-corrected chi connectivity index (χ1v) is 5.93. The highest BCUT2D eigenvalue weighted by molar-refractivity contribution is 6.00. The number of esters is 1. The Hall–Kier alpha value is -1.68. The lowest BCUT2D eigenvalue weighted by Gasteiger charge is -2.14. The van der Waals surface area contributed by atoms with Gasteiger partial charge < -0.3 is 10.1 Å². The van der Waals surface area contributed by atoms with Crippen LogP contribution in [0.25, 0.3) is 0 Å². The van der Waals surface area contributed by atoms with Crippen LogP contribution in [0.1, 0.15) is 28.8 Å². The predicted octanol–water partition coefficient (Wildman–Crippen LogP) is 1.72. The number of aryl methyl sites for hydroxylation is 1. The number of likely N-dealkylation sites (N-methyl/N-ethyl adjacent to an activating group) is 1. The number of rotatable bonds is 6. The number of Topliss-reactive ketones (excluding diaryl/α,β-unsaturated/α-hetero) is 1. The van der Waals surface area contributed by atoms with Gasteiger partial charge in [0.2, 0.25) is 0 Å². The van der Waals surface area contributed by atoms with Crippen LogP contribution in [0.5, 0.6) is 0 Å². The van der Waals surface area contributed by atoms with Crippen molar-refractivity contribution in [2.24, 2.45) is 0 Å². The minimum absolute atomic E-state index is 0.00130. The maximum Gasteiger partial charge on any atom is 0.305 e. The molecule has 1 atom stereocenters. The van der Waals surface area contributed by atoms with Crippen molar-refractivity contribution in [2.75, 3.05) is 14.2 Å². The monoisotopic (exact) mass is 249 g/mol. The molecule has 0 amide bonds. The summed E-state index contributed by atoms with van der Waals surface area (Å²) in [6.45, 7) is 1.97.